The molecule has 0 amide bonds. The SMILES string of the molecule is [C-]#[N+]c1ccc(-c2nc(CCOc3cccc(CC(=O)OC)c3)c(C)o2)cc1. The van der Waals surface area contributed by atoms with Crippen molar-refractivity contribution in [3.63, 3.8) is 0 Å². The van der Waals surface area contributed by atoms with Gasteiger partial charge < -0.3 is 13.9 Å². The molecule has 0 aliphatic heterocycles. The third-order valence-corrected chi connectivity index (χ3v) is 4.22. The normalized spacial score (nSPS) is 10.3. The van der Waals surface area contributed by atoms with Gasteiger partial charge in [-0.2, -0.15) is 0 Å². The number of nitrogens with zero attached hydrogens (tertiary/aromatic N) is 2. The van der Waals surface area contributed by atoms with Gasteiger partial charge in [0.2, 0.25) is 5.89 Å². The van der Waals surface area contributed by atoms with Crippen molar-refractivity contribution >= 4 is 11.7 Å². The van der Waals surface area contributed by atoms with Gasteiger partial charge in [0, 0.05) is 12.0 Å². The summed E-state index contributed by atoms with van der Waals surface area (Å²) in [6.07, 6.45) is 0.808. The van der Waals surface area contributed by atoms with E-state index in [0.29, 0.717) is 30.4 Å². The van der Waals surface area contributed by atoms with Crippen molar-refractivity contribution < 1.29 is 18.7 Å². The van der Waals surface area contributed by atoms with E-state index in [4.69, 9.17) is 15.7 Å². The van der Waals surface area contributed by atoms with Gasteiger partial charge in [0.15, 0.2) is 5.69 Å². The lowest BCUT2D eigenvalue weighted by Gasteiger charge is -2.07. The van der Waals surface area contributed by atoms with Crippen LogP contribution in [0.5, 0.6) is 5.75 Å². The molecule has 3 rings (SSSR count). The summed E-state index contributed by atoms with van der Waals surface area (Å²) >= 11 is 0. The third-order valence-electron chi connectivity index (χ3n) is 4.22. The Hall–Kier alpha value is -3.59. The van der Waals surface area contributed by atoms with Crippen molar-refractivity contribution in [2.45, 2.75) is 19.8 Å². The zero-order chi connectivity index (χ0) is 19.9. The highest BCUT2D eigenvalue weighted by molar-refractivity contribution is 5.72. The van der Waals surface area contributed by atoms with Crippen molar-refractivity contribution in [1.82, 2.24) is 4.98 Å². The predicted octanol–water partition coefficient (Wildman–Crippen LogP) is 4.54. The monoisotopic (exact) mass is 376 g/mol. The van der Waals surface area contributed by atoms with Gasteiger partial charge in [-0.3, -0.25) is 4.79 Å². The number of hydrogen-bond donors (Lipinski definition) is 0. The highest BCUT2D eigenvalue weighted by atomic mass is 16.5. The number of methoxy groups -OCH3 is 1. The standard InChI is InChI=1S/C22H20N2O4/c1-15-20(24-22(28-15)17-7-9-18(23-2)10-8-17)11-12-27-19-6-4-5-16(13-19)14-21(25)26-3/h4-10,13H,11-12,14H2,1,3H3. The molecule has 0 unspecified atom stereocenters. The van der Waals surface area contributed by atoms with Crippen LogP contribution in [0.25, 0.3) is 16.3 Å². The molecule has 0 bridgehead atoms. The molecule has 1 heterocycles. The summed E-state index contributed by atoms with van der Waals surface area (Å²) in [4.78, 5) is 19.3. The summed E-state index contributed by atoms with van der Waals surface area (Å²) in [5.41, 5.74) is 3.08. The second kappa shape index (κ2) is 8.87. The number of hydrogen-bond acceptors (Lipinski definition) is 5. The second-order valence-corrected chi connectivity index (χ2v) is 6.18. The van der Waals surface area contributed by atoms with Crippen LogP contribution < -0.4 is 4.74 Å². The molecule has 142 valence electrons. The molecule has 0 N–H and O–H groups in total. The van der Waals surface area contributed by atoms with E-state index in [0.717, 1.165) is 22.6 Å². The summed E-state index contributed by atoms with van der Waals surface area (Å²) in [6, 6.07) is 14.5. The maximum absolute atomic E-state index is 11.4. The minimum atomic E-state index is -0.285. The Morgan fingerprint density at radius 1 is 1.21 bits per heavy atom. The lowest BCUT2D eigenvalue weighted by atomic mass is 10.1. The van der Waals surface area contributed by atoms with E-state index in [1.165, 1.54) is 7.11 Å². The average Bonchev–Trinajstić information content (AvgIpc) is 3.09. The van der Waals surface area contributed by atoms with Crippen LogP contribution in [-0.4, -0.2) is 24.7 Å². The molecule has 2 aromatic carbocycles. The third kappa shape index (κ3) is 4.77. The number of ether oxygens (including phenoxy) is 2. The predicted molar refractivity (Wildman–Crippen MR) is 104 cm³/mol. The minimum Gasteiger partial charge on any atom is -0.493 e. The minimum absolute atomic E-state index is 0.214. The Morgan fingerprint density at radius 2 is 2.00 bits per heavy atom. The quantitative estimate of drug-likeness (QED) is 0.447. The summed E-state index contributed by atoms with van der Waals surface area (Å²) < 4.78 is 16.2. The van der Waals surface area contributed by atoms with Crippen molar-refractivity contribution in [3.05, 3.63) is 77.0 Å². The van der Waals surface area contributed by atoms with Gasteiger partial charge in [-0.25, -0.2) is 9.83 Å². The van der Waals surface area contributed by atoms with E-state index in [9.17, 15) is 4.79 Å². The van der Waals surface area contributed by atoms with Gasteiger partial charge >= 0.3 is 5.97 Å². The smallest absolute Gasteiger partial charge is 0.309 e. The van der Waals surface area contributed by atoms with Crippen LogP contribution in [0.3, 0.4) is 0 Å². The zero-order valence-corrected chi connectivity index (χ0v) is 15.8. The molecular weight excluding hydrogens is 356 g/mol. The van der Waals surface area contributed by atoms with Crippen LogP contribution in [0.2, 0.25) is 0 Å². The maximum atomic E-state index is 11.4. The molecule has 1 aromatic heterocycles. The zero-order valence-electron chi connectivity index (χ0n) is 15.8. The summed E-state index contributed by atoms with van der Waals surface area (Å²) in [6.45, 7) is 9.32. The van der Waals surface area contributed by atoms with Gasteiger partial charge in [0.05, 0.1) is 32.4 Å². The Morgan fingerprint density at radius 3 is 2.71 bits per heavy atom. The topological polar surface area (TPSA) is 65.9 Å². The Bertz CT molecular complexity index is 1000. The lowest BCUT2D eigenvalue weighted by molar-refractivity contribution is -0.139. The van der Waals surface area contributed by atoms with E-state index in [2.05, 4.69) is 14.6 Å². The molecule has 0 fully saturated rings. The fourth-order valence-electron chi connectivity index (χ4n) is 2.71. The molecule has 0 atom stereocenters. The molecule has 0 saturated heterocycles. The van der Waals surface area contributed by atoms with Crippen LogP contribution in [-0.2, 0) is 22.4 Å². The van der Waals surface area contributed by atoms with E-state index >= 15 is 0 Å². The number of esters is 1. The van der Waals surface area contributed by atoms with Gasteiger partial charge in [0.25, 0.3) is 0 Å². The van der Waals surface area contributed by atoms with E-state index in [-0.39, 0.29) is 12.4 Å². The number of aromatic nitrogens is 1. The number of rotatable bonds is 7. The summed E-state index contributed by atoms with van der Waals surface area (Å²) in [5.74, 6) is 1.68. The molecule has 0 aliphatic rings. The summed E-state index contributed by atoms with van der Waals surface area (Å²) in [7, 11) is 1.37. The van der Waals surface area contributed by atoms with E-state index in [1.54, 1.807) is 12.1 Å². The van der Waals surface area contributed by atoms with Crippen LogP contribution in [0, 0.1) is 13.5 Å². The Kier molecular flexibility index (Phi) is 6.07. The highest BCUT2D eigenvalue weighted by Gasteiger charge is 2.12. The van der Waals surface area contributed by atoms with Crippen molar-refractivity contribution in [3.8, 4) is 17.2 Å². The maximum Gasteiger partial charge on any atom is 0.309 e. The Labute approximate surface area is 163 Å². The van der Waals surface area contributed by atoms with Gasteiger partial charge in [-0.05, 0) is 24.6 Å². The number of carbonyl (C=O) groups excluding carboxylic acids is 1. The first-order valence-corrected chi connectivity index (χ1v) is 8.82. The van der Waals surface area contributed by atoms with Crippen LogP contribution in [0.1, 0.15) is 17.0 Å². The van der Waals surface area contributed by atoms with Gasteiger partial charge in [-0.1, -0.05) is 36.4 Å². The van der Waals surface area contributed by atoms with Crippen molar-refractivity contribution in [2.24, 2.45) is 0 Å². The number of oxazole rings is 1. The number of carbonyl (C=O) groups is 1. The van der Waals surface area contributed by atoms with Gasteiger partial charge in [0.1, 0.15) is 11.5 Å². The molecule has 28 heavy (non-hydrogen) atoms. The molecular formula is C22H20N2O4. The molecule has 0 radical (unpaired) electrons. The fraction of sp³-hybridized carbons (Fsp3) is 0.227. The molecule has 6 nitrogen and oxygen atoms in total. The number of benzene rings is 2. The second-order valence-electron chi connectivity index (χ2n) is 6.18. The molecule has 0 saturated carbocycles. The first-order valence-electron chi connectivity index (χ1n) is 8.82. The number of aryl methyl sites for hydroxylation is 1. The van der Waals surface area contributed by atoms with Crippen LogP contribution in [0.4, 0.5) is 5.69 Å². The fourth-order valence-corrected chi connectivity index (χ4v) is 2.71. The van der Waals surface area contributed by atoms with Crippen LogP contribution in [0.15, 0.2) is 52.9 Å². The van der Waals surface area contributed by atoms with Crippen molar-refractivity contribution in [1.29, 1.82) is 0 Å². The highest BCUT2D eigenvalue weighted by Crippen LogP contribution is 2.24. The first-order chi connectivity index (χ1) is 13.6. The lowest BCUT2D eigenvalue weighted by Crippen LogP contribution is -2.06. The van der Waals surface area contributed by atoms with Crippen LogP contribution >= 0.6 is 0 Å². The molecule has 6 heteroatoms. The largest absolute Gasteiger partial charge is 0.493 e. The average molecular weight is 376 g/mol. The molecule has 3 aromatic rings. The van der Waals surface area contributed by atoms with E-state index in [1.807, 2.05) is 43.3 Å². The van der Waals surface area contributed by atoms with Crippen molar-refractivity contribution in [2.75, 3.05) is 13.7 Å². The molecule has 0 spiro atoms. The first kappa shape index (κ1) is 19.2. The van der Waals surface area contributed by atoms with Gasteiger partial charge in [-0.15, -0.1) is 0 Å². The molecule has 0 aliphatic carbocycles. The summed E-state index contributed by atoms with van der Waals surface area (Å²) in [5, 5.41) is 0. The van der Waals surface area contributed by atoms with E-state index < -0.39 is 0 Å². The Balaban J connectivity index is 1.61.